The summed E-state index contributed by atoms with van der Waals surface area (Å²) in [6, 6.07) is 0. The second-order valence-corrected chi connectivity index (χ2v) is 4.54. The summed E-state index contributed by atoms with van der Waals surface area (Å²) in [4.78, 5) is 12.4. The molecule has 18 heavy (non-hydrogen) atoms. The van der Waals surface area contributed by atoms with E-state index in [1.54, 1.807) is 17.1 Å². The summed E-state index contributed by atoms with van der Waals surface area (Å²) in [7, 11) is 0. The third-order valence-electron chi connectivity index (χ3n) is 3.14. The Labute approximate surface area is 107 Å². The Morgan fingerprint density at radius 3 is 2.61 bits per heavy atom. The Balaban J connectivity index is 2.35. The molecule has 0 radical (unpaired) electrons. The van der Waals surface area contributed by atoms with Crippen molar-refractivity contribution in [3.63, 3.8) is 0 Å². The predicted octanol–water partition coefficient (Wildman–Crippen LogP) is 3.04. The molecule has 0 spiro atoms. The lowest BCUT2D eigenvalue weighted by molar-refractivity contribution is 0.103. The number of aromatic nitrogens is 2. The molecule has 2 aromatic rings. The van der Waals surface area contributed by atoms with Crippen LogP contribution in [0.15, 0.2) is 16.8 Å². The van der Waals surface area contributed by atoms with Gasteiger partial charge in [0.2, 0.25) is 0 Å². The minimum atomic E-state index is -0.01000. The van der Waals surface area contributed by atoms with Crippen LogP contribution in [0.3, 0.4) is 0 Å². The molecule has 0 amide bonds. The highest BCUT2D eigenvalue weighted by Crippen LogP contribution is 2.23. The van der Waals surface area contributed by atoms with Crippen LogP contribution in [0.2, 0.25) is 0 Å². The van der Waals surface area contributed by atoms with Gasteiger partial charge in [-0.25, -0.2) is 0 Å². The molecular weight excluding hydrogens is 228 g/mol. The van der Waals surface area contributed by atoms with Crippen molar-refractivity contribution in [3.8, 4) is 0 Å². The second-order valence-electron chi connectivity index (χ2n) is 4.54. The van der Waals surface area contributed by atoms with Gasteiger partial charge in [-0.3, -0.25) is 9.48 Å². The molecule has 0 saturated heterocycles. The van der Waals surface area contributed by atoms with Crippen LogP contribution in [0, 0.1) is 20.8 Å². The number of carbonyl (C=O) groups excluding carboxylic acids is 1. The molecule has 0 aliphatic rings. The van der Waals surface area contributed by atoms with Gasteiger partial charge < -0.3 is 4.42 Å². The van der Waals surface area contributed by atoms with Crippen molar-refractivity contribution in [3.05, 3.63) is 40.6 Å². The fraction of sp³-hybridized carbons (Fsp3) is 0.429. The molecule has 0 aliphatic heterocycles. The summed E-state index contributed by atoms with van der Waals surface area (Å²) in [5.41, 5.74) is 2.21. The number of nitrogens with zero attached hydrogens (tertiary/aromatic N) is 2. The Morgan fingerprint density at radius 2 is 2.06 bits per heavy atom. The molecule has 2 heterocycles. The molecule has 0 unspecified atom stereocenters. The first kappa shape index (κ1) is 12.6. The molecule has 2 rings (SSSR count). The maximum Gasteiger partial charge on any atom is 0.199 e. The van der Waals surface area contributed by atoms with Crippen molar-refractivity contribution in [1.29, 1.82) is 0 Å². The highest BCUT2D eigenvalue weighted by molar-refractivity contribution is 6.10. The van der Waals surface area contributed by atoms with Gasteiger partial charge in [0.1, 0.15) is 11.5 Å². The first-order valence-corrected chi connectivity index (χ1v) is 6.18. The van der Waals surface area contributed by atoms with Gasteiger partial charge in [-0.05, 0) is 27.2 Å². The minimum Gasteiger partial charge on any atom is -0.466 e. The lowest BCUT2D eigenvalue weighted by atomic mass is 10.0. The van der Waals surface area contributed by atoms with Crippen molar-refractivity contribution in [1.82, 2.24) is 9.78 Å². The molecule has 0 fully saturated rings. The van der Waals surface area contributed by atoms with Crippen LogP contribution in [0.4, 0.5) is 0 Å². The second kappa shape index (κ2) is 4.80. The van der Waals surface area contributed by atoms with Gasteiger partial charge in [0.15, 0.2) is 5.78 Å². The molecule has 96 valence electrons. The van der Waals surface area contributed by atoms with E-state index in [9.17, 15) is 4.79 Å². The molecule has 0 aromatic carbocycles. The number of furan rings is 1. The number of carbonyl (C=O) groups is 1. The van der Waals surface area contributed by atoms with Crippen molar-refractivity contribution < 1.29 is 9.21 Å². The van der Waals surface area contributed by atoms with Gasteiger partial charge in [0, 0.05) is 18.3 Å². The maximum atomic E-state index is 12.4. The van der Waals surface area contributed by atoms with Crippen molar-refractivity contribution in [2.24, 2.45) is 0 Å². The van der Waals surface area contributed by atoms with E-state index in [-0.39, 0.29) is 5.78 Å². The maximum absolute atomic E-state index is 12.4. The first-order valence-electron chi connectivity index (χ1n) is 6.18. The van der Waals surface area contributed by atoms with E-state index in [4.69, 9.17) is 4.42 Å². The smallest absolute Gasteiger partial charge is 0.199 e. The normalized spacial score (nSPS) is 10.9. The lowest BCUT2D eigenvalue weighted by Crippen LogP contribution is -2.03. The SMILES string of the molecule is CCCn1cc(C(=O)c2c(C)oc(C)c2C)cn1. The fourth-order valence-corrected chi connectivity index (χ4v) is 2.10. The molecule has 4 heteroatoms. The zero-order valence-corrected chi connectivity index (χ0v) is 11.3. The Hall–Kier alpha value is -1.84. The van der Waals surface area contributed by atoms with Crippen LogP contribution in [0.5, 0.6) is 0 Å². The summed E-state index contributed by atoms with van der Waals surface area (Å²) >= 11 is 0. The summed E-state index contributed by atoms with van der Waals surface area (Å²) in [5.74, 6) is 1.47. The minimum absolute atomic E-state index is 0.01000. The molecule has 0 N–H and O–H groups in total. The predicted molar refractivity (Wildman–Crippen MR) is 68.9 cm³/mol. The van der Waals surface area contributed by atoms with Crippen molar-refractivity contribution in [2.45, 2.75) is 40.7 Å². The average Bonchev–Trinajstić information content (AvgIpc) is 2.86. The molecule has 0 atom stereocenters. The summed E-state index contributed by atoms with van der Waals surface area (Å²) in [6.45, 7) is 8.52. The standard InChI is InChI=1S/C14H18N2O2/c1-5-6-16-8-12(7-15-16)14(17)13-9(2)10(3)18-11(13)4/h7-8H,5-6H2,1-4H3. The third kappa shape index (κ3) is 2.10. The van der Waals surface area contributed by atoms with Gasteiger partial charge >= 0.3 is 0 Å². The number of ketones is 1. The van der Waals surface area contributed by atoms with Crippen LogP contribution in [0.25, 0.3) is 0 Å². The van der Waals surface area contributed by atoms with Crippen LogP contribution in [-0.4, -0.2) is 15.6 Å². The van der Waals surface area contributed by atoms with E-state index in [1.165, 1.54) is 0 Å². The van der Waals surface area contributed by atoms with Gasteiger partial charge in [-0.2, -0.15) is 5.10 Å². The van der Waals surface area contributed by atoms with E-state index in [2.05, 4.69) is 12.0 Å². The molecule has 4 nitrogen and oxygen atoms in total. The molecular formula is C14H18N2O2. The van der Waals surface area contributed by atoms with Crippen molar-refractivity contribution >= 4 is 5.78 Å². The van der Waals surface area contributed by atoms with Crippen LogP contribution < -0.4 is 0 Å². The summed E-state index contributed by atoms with van der Waals surface area (Å²) in [5, 5.41) is 4.18. The molecule has 0 bridgehead atoms. The lowest BCUT2D eigenvalue weighted by Gasteiger charge is -1.98. The van der Waals surface area contributed by atoms with E-state index in [0.29, 0.717) is 16.9 Å². The zero-order chi connectivity index (χ0) is 13.3. The van der Waals surface area contributed by atoms with Crippen LogP contribution in [-0.2, 0) is 6.54 Å². The zero-order valence-electron chi connectivity index (χ0n) is 11.3. The summed E-state index contributed by atoms with van der Waals surface area (Å²) in [6.07, 6.45) is 4.42. The molecule has 0 aliphatic carbocycles. The Bertz CT molecular complexity index is 579. The first-order chi connectivity index (χ1) is 8.54. The quantitative estimate of drug-likeness (QED) is 0.779. The average molecular weight is 246 g/mol. The van der Waals surface area contributed by atoms with Gasteiger partial charge in [0.25, 0.3) is 0 Å². The van der Waals surface area contributed by atoms with Gasteiger partial charge in [-0.1, -0.05) is 6.92 Å². The van der Waals surface area contributed by atoms with Crippen LogP contribution >= 0.6 is 0 Å². The molecule has 2 aromatic heterocycles. The largest absolute Gasteiger partial charge is 0.466 e. The van der Waals surface area contributed by atoms with E-state index < -0.39 is 0 Å². The Morgan fingerprint density at radius 1 is 1.33 bits per heavy atom. The van der Waals surface area contributed by atoms with Crippen molar-refractivity contribution in [2.75, 3.05) is 0 Å². The number of hydrogen-bond acceptors (Lipinski definition) is 3. The molecule has 0 saturated carbocycles. The van der Waals surface area contributed by atoms with E-state index in [1.807, 2.05) is 20.8 Å². The highest BCUT2D eigenvalue weighted by atomic mass is 16.3. The van der Waals surface area contributed by atoms with Crippen LogP contribution in [0.1, 0.15) is 46.3 Å². The number of aryl methyl sites for hydroxylation is 3. The highest BCUT2D eigenvalue weighted by Gasteiger charge is 2.20. The van der Waals surface area contributed by atoms with Gasteiger partial charge in [0.05, 0.1) is 17.3 Å². The van der Waals surface area contributed by atoms with Gasteiger partial charge in [-0.15, -0.1) is 0 Å². The third-order valence-corrected chi connectivity index (χ3v) is 3.14. The fourth-order valence-electron chi connectivity index (χ4n) is 2.10. The Kier molecular flexibility index (Phi) is 3.36. The van der Waals surface area contributed by atoms with E-state index in [0.717, 1.165) is 24.3 Å². The topological polar surface area (TPSA) is 48.0 Å². The van der Waals surface area contributed by atoms with E-state index >= 15 is 0 Å². The monoisotopic (exact) mass is 246 g/mol. The summed E-state index contributed by atoms with van der Waals surface area (Å²) < 4.78 is 7.29. The number of rotatable bonds is 4. The number of hydrogen-bond donors (Lipinski definition) is 0.